The van der Waals surface area contributed by atoms with Crippen molar-refractivity contribution in [2.45, 2.75) is 50.5 Å². The Morgan fingerprint density at radius 3 is 2.48 bits per heavy atom. The molecular formula is C24H33N3O3S. The largest absolute Gasteiger partial charge is 0.322 e. The first kappa shape index (κ1) is 23.4. The van der Waals surface area contributed by atoms with Crippen LogP contribution in [-0.2, 0) is 16.4 Å². The Balaban J connectivity index is 1.77. The molecule has 0 aromatic heterocycles. The van der Waals surface area contributed by atoms with Crippen LogP contribution in [0.1, 0.15) is 47.7 Å². The van der Waals surface area contributed by atoms with Gasteiger partial charge in [0.1, 0.15) is 0 Å². The molecule has 6 nitrogen and oxygen atoms in total. The highest BCUT2D eigenvalue weighted by Crippen LogP contribution is 2.26. The number of benzene rings is 2. The van der Waals surface area contributed by atoms with Gasteiger partial charge in [0.2, 0.25) is 10.0 Å². The number of carbonyl (C=O) groups excluding carboxylic acids is 1. The average Bonchev–Trinajstić information content (AvgIpc) is 2.73. The summed E-state index contributed by atoms with van der Waals surface area (Å²) >= 11 is 0. The number of hydrogen-bond acceptors (Lipinski definition) is 4. The first-order chi connectivity index (χ1) is 14.7. The van der Waals surface area contributed by atoms with E-state index >= 15 is 0 Å². The van der Waals surface area contributed by atoms with Crippen LogP contribution in [0.3, 0.4) is 0 Å². The molecule has 1 amide bonds. The standard InChI is InChI=1S/C24H33N3O3S/c1-18-8-13-22(31(29,30)27-15-6-5-7-19(27)2)17-23(18)24(28)25-21-11-9-20(10-12-21)14-16-26(3)4/h8-13,17,19H,5-7,14-16H2,1-4H3,(H,25,28). The molecule has 1 aliphatic rings. The summed E-state index contributed by atoms with van der Waals surface area (Å²) in [7, 11) is 0.451. The Hall–Kier alpha value is -2.22. The van der Waals surface area contributed by atoms with Crippen molar-refractivity contribution in [2.24, 2.45) is 0 Å². The maximum atomic E-state index is 13.2. The Morgan fingerprint density at radius 2 is 1.84 bits per heavy atom. The smallest absolute Gasteiger partial charge is 0.255 e. The molecular weight excluding hydrogens is 410 g/mol. The molecule has 0 bridgehead atoms. The molecule has 2 aromatic carbocycles. The van der Waals surface area contributed by atoms with E-state index in [4.69, 9.17) is 0 Å². The third kappa shape index (κ3) is 5.73. The minimum atomic E-state index is -3.63. The minimum absolute atomic E-state index is 0.0247. The zero-order valence-electron chi connectivity index (χ0n) is 18.9. The van der Waals surface area contributed by atoms with Gasteiger partial charge >= 0.3 is 0 Å². The molecule has 0 radical (unpaired) electrons. The van der Waals surface area contributed by atoms with Gasteiger partial charge in [-0.25, -0.2) is 8.42 Å². The third-order valence-corrected chi connectivity index (χ3v) is 7.87. The topological polar surface area (TPSA) is 69.7 Å². The highest BCUT2D eigenvalue weighted by Gasteiger charge is 2.31. The van der Waals surface area contributed by atoms with E-state index in [1.165, 1.54) is 11.6 Å². The fourth-order valence-electron chi connectivity index (χ4n) is 3.88. The molecule has 0 spiro atoms. The normalized spacial score (nSPS) is 17.6. The van der Waals surface area contributed by atoms with Gasteiger partial charge in [-0.1, -0.05) is 24.6 Å². The van der Waals surface area contributed by atoms with E-state index in [0.29, 0.717) is 17.8 Å². The Morgan fingerprint density at radius 1 is 1.13 bits per heavy atom. The molecule has 1 N–H and O–H groups in total. The van der Waals surface area contributed by atoms with Gasteiger partial charge in [0.25, 0.3) is 5.91 Å². The molecule has 1 heterocycles. The molecule has 7 heteroatoms. The lowest BCUT2D eigenvalue weighted by molar-refractivity contribution is 0.102. The van der Waals surface area contributed by atoms with Crippen molar-refractivity contribution in [3.63, 3.8) is 0 Å². The number of aryl methyl sites for hydroxylation is 1. The lowest BCUT2D eigenvalue weighted by atomic mass is 10.1. The first-order valence-corrected chi connectivity index (χ1v) is 12.3. The van der Waals surface area contributed by atoms with Crippen molar-refractivity contribution < 1.29 is 13.2 Å². The second kappa shape index (κ2) is 9.94. The lowest BCUT2D eigenvalue weighted by Crippen LogP contribution is -2.42. The van der Waals surface area contributed by atoms with Gasteiger partial charge in [-0.2, -0.15) is 4.31 Å². The van der Waals surface area contributed by atoms with E-state index in [0.717, 1.165) is 37.8 Å². The molecule has 3 rings (SSSR count). The zero-order valence-corrected chi connectivity index (χ0v) is 19.7. The van der Waals surface area contributed by atoms with Gasteiger partial charge in [0.15, 0.2) is 0 Å². The molecule has 1 atom stereocenters. The quantitative estimate of drug-likeness (QED) is 0.704. The van der Waals surface area contributed by atoms with Gasteiger partial charge in [0.05, 0.1) is 4.90 Å². The van der Waals surface area contributed by atoms with Crippen LogP contribution in [0.5, 0.6) is 0 Å². The molecule has 168 valence electrons. The van der Waals surface area contributed by atoms with Crippen LogP contribution in [-0.4, -0.2) is 56.8 Å². The maximum absolute atomic E-state index is 13.2. The number of carbonyl (C=O) groups is 1. The summed E-state index contributed by atoms with van der Waals surface area (Å²) < 4.78 is 27.9. The molecule has 1 saturated heterocycles. The highest BCUT2D eigenvalue weighted by molar-refractivity contribution is 7.89. The summed E-state index contributed by atoms with van der Waals surface area (Å²) in [5.41, 5.74) is 3.01. The number of sulfonamides is 1. The van der Waals surface area contributed by atoms with Gasteiger partial charge in [-0.15, -0.1) is 0 Å². The van der Waals surface area contributed by atoms with Crippen molar-refractivity contribution in [1.82, 2.24) is 9.21 Å². The SMILES string of the molecule is Cc1ccc(S(=O)(=O)N2CCCCC2C)cc1C(=O)Nc1ccc(CCN(C)C)cc1. The number of piperidine rings is 1. The number of anilines is 1. The molecule has 2 aromatic rings. The van der Waals surface area contributed by atoms with Crippen LogP contribution < -0.4 is 5.32 Å². The number of nitrogens with zero attached hydrogens (tertiary/aromatic N) is 2. The zero-order chi connectivity index (χ0) is 22.6. The van der Waals surface area contributed by atoms with Crippen LogP contribution in [0.4, 0.5) is 5.69 Å². The molecule has 1 unspecified atom stereocenters. The van der Waals surface area contributed by atoms with E-state index in [1.54, 1.807) is 16.4 Å². The van der Waals surface area contributed by atoms with Crippen LogP contribution >= 0.6 is 0 Å². The van der Waals surface area contributed by atoms with E-state index in [1.807, 2.05) is 52.2 Å². The van der Waals surface area contributed by atoms with E-state index in [9.17, 15) is 13.2 Å². The van der Waals surface area contributed by atoms with Crippen molar-refractivity contribution in [3.8, 4) is 0 Å². The van der Waals surface area contributed by atoms with Crippen LogP contribution in [0.25, 0.3) is 0 Å². The summed E-state index contributed by atoms with van der Waals surface area (Å²) in [5, 5.41) is 2.90. The predicted octanol–water partition coefficient (Wildman–Crippen LogP) is 3.91. The minimum Gasteiger partial charge on any atom is -0.322 e. The Kier molecular flexibility index (Phi) is 7.51. The second-order valence-corrected chi connectivity index (χ2v) is 10.5. The van der Waals surface area contributed by atoms with Crippen LogP contribution in [0.2, 0.25) is 0 Å². The molecule has 0 aliphatic carbocycles. The maximum Gasteiger partial charge on any atom is 0.255 e. The lowest BCUT2D eigenvalue weighted by Gasteiger charge is -2.32. The molecule has 1 fully saturated rings. The van der Waals surface area contributed by atoms with E-state index < -0.39 is 10.0 Å². The first-order valence-electron chi connectivity index (χ1n) is 10.9. The summed E-state index contributed by atoms with van der Waals surface area (Å²) in [4.78, 5) is 15.2. The number of likely N-dealkylation sites (N-methyl/N-ethyl adjacent to an activating group) is 1. The number of nitrogens with one attached hydrogen (secondary N) is 1. The summed E-state index contributed by atoms with van der Waals surface area (Å²) in [6.45, 7) is 5.25. The van der Waals surface area contributed by atoms with Crippen LogP contribution in [0.15, 0.2) is 47.4 Å². The van der Waals surface area contributed by atoms with Gasteiger partial charge in [-0.3, -0.25) is 4.79 Å². The monoisotopic (exact) mass is 443 g/mol. The molecule has 31 heavy (non-hydrogen) atoms. The predicted molar refractivity (Wildman–Crippen MR) is 125 cm³/mol. The summed E-state index contributed by atoms with van der Waals surface area (Å²) in [6, 6.07) is 12.6. The van der Waals surface area contributed by atoms with Gasteiger partial charge < -0.3 is 10.2 Å². The second-order valence-electron chi connectivity index (χ2n) is 8.64. The molecule has 0 saturated carbocycles. The molecule has 1 aliphatic heterocycles. The van der Waals surface area contributed by atoms with Crippen molar-refractivity contribution >= 4 is 21.6 Å². The summed E-state index contributed by atoms with van der Waals surface area (Å²) in [5.74, 6) is -0.303. The van der Waals surface area contributed by atoms with Crippen LogP contribution in [0, 0.1) is 6.92 Å². The van der Waals surface area contributed by atoms with Crippen molar-refractivity contribution in [2.75, 3.05) is 32.5 Å². The fraction of sp³-hybridized carbons (Fsp3) is 0.458. The van der Waals surface area contributed by atoms with Crippen molar-refractivity contribution in [1.29, 1.82) is 0 Å². The Labute approximate surface area is 186 Å². The number of rotatable bonds is 7. The third-order valence-electron chi connectivity index (χ3n) is 5.86. The average molecular weight is 444 g/mol. The Bertz CT molecular complexity index is 1020. The highest BCUT2D eigenvalue weighted by atomic mass is 32.2. The number of hydrogen-bond donors (Lipinski definition) is 1. The van der Waals surface area contributed by atoms with Crippen molar-refractivity contribution in [3.05, 3.63) is 59.2 Å². The fourth-order valence-corrected chi connectivity index (χ4v) is 5.60. The summed E-state index contributed by atoms with van der Waals surface area (Å²) in [6.07, 6.45) is 3.72. The van der Waals surface area contributed by atoms with E-state index in [-0.39, 0.29) is 16.8 Å². The number of amides is 1. The van der Waals surface area contributed by atoms with Gasteiger partial charge in [0, 0.05) is 30.4 Å². The van der Waals surface area contributed by atoms with E-state index in [2.05, 4.69) is 10.2 Å². The van der Waals surface area contributed by atoms with Gasteiger partial charge in [-0.05, 0) is 82.6 Å².